The van der Waals surface area contributed by atoms with Gasteiger partial charge in [0.1, 0.15) is 5.82 Å². The van der Waals surface area contributed by atoms with Crippen LogP contribution < -0.4 is 5.73 Å². The molecule has 0 aliphatic rings. The number of benzene rings is 1. The molecule has 2 aromatic rings. The van der Waals surface area contributed by atoms with Crippen LogP contribution in [0.15, 0.2) is 16.6 Å². The summed E-state index contributed by atoms with van der Waals surface area (Å²) in [4.78, 5) is 8.19. The van der Waals surface area contributed by atoms with Crippen molar-refractivity contribution in [1.82, 2.24) is 9.97 Å². The Kier molecular flexibility index (Phi) is 2.86. The number of hydrogen-bond donors (Lipinski definition) is 1. The molecule has 1 heterocycles. The van der Waals surface area contributed by atoms with E-state index in [1.165, 1.54) is 12.1 Å². The lowest BCUT2D eigenvalue weighted by molar-refractivity contribution is 0.622. The van der Waals surface area contributed by atoms with Gasteiger partial charge in [-0.25, -0.2) is 14.4 Å². The summed E-state index contributed by atoms with van der Waals surface area (Å²) in [7, 11) is 0. The first-order valence-electron chi connectivity index (χ1n) is 4.13. The second-order valence-electron chi connectivity index (χ2n) is 2.92. The summed E-state index contributed by atoms with van der Waals surface area (Å²) >= 11 is 8.90. The normalized spacial score (nSPS) is 10.9. The van der Waals surface area contributed by atoms with Crippen LogP contribution in [0, 0.1) is 5.82 Å². The lowest BCUT2D eigenvalue weighted by Crippen LogP contribution is -2.02. The van der Waals surface area contributed by atoms with Crippen LogP contribution in [0.5, 0.6) is 0 Å². The molecule has 0 bridgehead atoms. The Morgan fingerprint density at radius 2 is 2.00 bits per heavy atom. The molecule has 6 heteroatoms. The topological polar surface area (TPSA) is 51.8 Å². The molecule has 0 fully saturated rings. The number of nitrogens with two attached hydrogens (primary N) is 1. The van der Waals surface area contributed by atoms with Crippen molar-refractivity contribution in [2.45, 2.75) is 6.54 Å². The minimum atomic E-state index is -0.387. The molecule has 0 saturated heterocycles. The molecule has 15 heavy (non-hydrogen) atoms. The summed E-state index contributed by atoms with van der Waals surface area (Å²) in [6.45, 7) is 0.180. The quantitative estimate of drug-likeness (QED) is 0.878. The average molecular weight is 291 g/mol. The van der Waals surface area contributed by atoms with Crippen molar-refractivity contribution < 1.29 is 4.39 Å². The van der Waals surface area contributed by atoms with Gasteiger partial charge >= 0.3 is 0 Å². The number of aromatic nitrogens is 2. The average Bonchev–Trinajstić information content (AvgIpc) is 2.20. The number of halogens is 3. The van der Waals surface area contributed by atoms with Gasteiger partial charge in [0.25, 0.3) is 0 Å². The van der Waals surface area contributed by atoms with E-state index >= 15 is 0 Å². The lowest BCUT2D eigenvalue weighted by Gasteiger charge is -2.03. The van der Waals surface area contributed by atoms with Gasteiger partial charge in [-0.15, -0.1) is 0 Å². The molecule has 1 aromatic carbocycles. The SMILES string of the molecule is NCc1nc2cc(F)c(Br)cc2nc1Cl. The van der Waals surface area contributed by atoms with E-state index in [-0.39, 0.29) is 17.5 Å². The highest BCUT2D eigenvalue weighted by Gasteiger charge is 2.08. The van der Waals surface area contributed by atoms with E-state index in [0.29, 0.717) is 21.2 Å². The van der Waals surface area contributed by atoms with Crippen LogP contribution in [0.2, 0.25) is 5.15 Å². The number of rotatable bonds is 1. The predicted octanol–water partition coefficient (Wildman–Crippen LogP) is 2.64. The van der Waals surface area contributed by atoms with Gasteiger partial charge in [-0.2, -0.15) is 0 Å². The summed E-state index contributed by atoms with van der Waals surface area (Å²) in [6, 6.07) is 2.83. The molecule has 0 radical (unpaired) electrons. The van der Waals surface area contributed by atoms with E-state index in [1.54, 1.807) is 0 Å². The Morgan fingerprint density at radius 1 is 1.33 bits per heavy atom. The van der Waals surface area contributed by atoms with E-state index in [0.717, 1.165) is 0 Å². The largest absolute Gasteiger partial charge is 0.325 e. The second-order valence-corrected chi connectivity index (χ2v) is 4.13. The second kappa shape index (κ2) is 4.00. The minimum Gasteiger partial charge on any atom is -0.325 e. The Bertz CT molecular complexity index is 532. The highest BCUT2D eigenvalue weighted by atomic mass is 79.9. The summed E-state index contributed by atoms with van der Waals surface area (Å²) in [5.41, 5.74) is 6.86. The van der Waals surface area contributed by atoms with Gasteiger partial charge < -0.3 is 5.73 Å². The molecule has 1 aromatic heterocycles. The first-order chi connectivity index (χ1) is 7.11. The van der Waals surface area contributed by atoms with Gasteiger partial charge in [0.05, 0.1) is 21.2 Å². The number of nitrogens with zero attached hydrogens (tertiary/aromatic N) is 2. The van der Waals surface area contributed by atoms with Crippen molar-refractivity contribution in [3.8, 4) is 0 Å². The van der Waals surface area contributed by atoms with Crippen molar-refractivity contribution in [3.05, 3.63) is 33.3 Å². The van der Waals surface area contributed by atoms with E-state index in [9.17, 15) is 4.39 Å². The standard InChI is InChI=1S/C9H6BrClFN3/c10-4-1-6-7(2-5(4)12)14-8(3-13)9(11)15-6/h1-2H,3,13H2. The molecule has 0 unspecified atom stereocenters. The third kappa shape index (κ3) is 1.95. The minimum absolute atomic E-state index is 0.180. The molecule has 0 atom stereocenters. The van der Waals surface area contributed by atoms with Crippen LogP contribution >= 0.6 is 27.5 Å². The Hall–Kier alpha value is -0.780. The van der Waals surface area contributed by atoms with E-state index in [4.69, 9.17) is 17.3 Å². The van der Waals surface area contributed by atoms with Crippen LogP contribution in [0.1, 0.15) is 5.69 Å². The monoisotopic (exact) mass is 289 g/mol. The smallest absolute Gasteiger partial charge is 0.152 e. The van der Waals surface area contributed by atoms with Gasteiger partial charge in [-0.05, 0) is 22.0 Å². The van der Waals surface area contributed by atoms with Crippen molar-refractivity contribution >= 4 is 38.6 Å². The molecule has 0 spiro atoms. The molecular weight excluding hydrogens is 284 g/mol. The molecule has 2 rings (SSSR count). The highest BCUT2D eigenvalue weighted by molar-refractivity contribution is 9.10. The summed E-state index contributed by atoms with van der Waals surface area (Å²) in [5, 5.41) is 0.253. The maximum absolute atomic E-state index is 13.2. The van der Waals surface area contributed by atoms with Crippen LogP contribution in [0.4, 0.5) is 4.39 Å². The van der Waals surface area contributed by atoms with E-state index < -0.39 is 0 Å². The predicted molar refractivity (Wildman–Crippen MR) is 60.1 cm³/mol. The van der Waals surface area contributed by atoms with Crippen molar-refractivity contribution in [2.75, 3.05) is 0 Å². The number of hydrogen-bond acceptors (Lipinski definition) is 3. The summed E-state index contributed by atoms with van der Waals surface area (Å²) < 4.78 is 13.5. The molecule has 3 nitrogen and oxygen atoms in total. The Balaban J connectivity index is 2.76. The zero-order valence-corrected chi connectivity index (χ0v) is 9.81. The fourth-order valence-electron chi connectivity index (χ4n) is 1.20. The maximum Gasteiger partial charge on any atom is 0.152 e. The summed E-state index contributed by atoms with van der Waals surface area (Å²) in [5.74, 6) is -0.387. The third-order valence-corrected chi connectivity index (χ3v) is 2.83. The van der Waals surface area contributed by atoms with E-state index in [1.807, 2.05) is 0 Å². The fourth-order valence-corrected chi connectivity index (χ4v) is 1.74. The molecule has 0 saturated carbocycles. The third-order valence-electron chi connectivity index (χ3n) is 1.92. The molecule has 78 valence electrons. The van der Waals surface area contributed by atoms with Crippen molar-refractivity contribution in [2.24, 2.45) is 5.73 Å². The zero-order valence-electron chi connectivity index (χ0n) is 7.47. The van der Waals surface area contributed by atoms with E-state index in [2.05, 4.69) is 25.9 Å². The molecule has 0 aliphatic heterocycles. The number of fused-ring (bicyclic) bond motifs is 1. The molecule has 0 amide bonds. The molecular formula is C9H6BrClFN3. The first kappa shape index (κ1) is 10.7. The first-order valence-corrected chi connectivity index (χ1v) is 5.30. The maximum atomic E-state index is 13.2. The van der Waals surface area contributed by atoms with Gasteiger partial charge in [0, 0.05) is 12.6 Å². The molecule has 2 N–H and O–H groups in total. The van der Waals surface area contributed by atoms with Crippen LogP contribution in [-0.2, 0) is 6.54 Å². The van der Waals surface area contributed by atoms with Crippen LogP contribution in [0.3, 0.4) is 0 Å². The lowest BCUT2D eigenvalue weighted by atomic mass is 10.3. The molecule has 0 aliphatic carbocycles. The van der Waals surface area contributed by atoms with Gasteiger partial charge in [0.15, 0.2) is 5.15 Å². The van der Waals surface area contributed by atoms with Crippen molar-refractivity contribution in [1.29, 1.82) is 0 Å². The van der Waals surface area contributed by atoms with Crippen LogP contribution in [0.25, 0.3) is 11.0 Å². The highest BCUT2D eigenvalue weighted by Crippen LogP contribution is 2.23. The fraction of sp³-hybridized carbons (Fsp3) is 0.111. The van der Waals surface area contributed by atoms with Crippen LogP contribution in [-0.4, -0.2) is 9.97 Å². The summed E-state index contributed by atoms with van der Waals surface area (Å²) in [6.07, 6.45) is 0. The Morgan fingerprint density at radius 3 is 2.67 bits per heavy atom. The van der Waals surface area contributed by atoms with Gasteiger partial charge in [-0.3, -0.25) is 0 Å². The van der Waals surface area contributed by atoms with Gasteiger partial charge in [0.2, 0.25) is 0 Å². The van der Waals surface area contributed by atoms with Gasteiger partial charge in [-0.1, -0.05) is 11.6 Å². The zero-order chi connectivity index (χ0) is 11.0. The van der Waals surface area contributed by atoms with Crippen molar-refractivity contribution in [3.63, 3.8) is 0 Å². The Labute approximate surface area is 98.6 Å².